The molecule has 0 saturated heterocycles. The minimum Gasteiger partial charge on any atom is -0.339 e. The molecule has 2 heterocycles. The Kier molecular flexibility index (Phi) is 1.70. The van der Waals surface area contributed by atoms with E-state index >= 15 is 0 Å². The molecule has 2 N–H and O–H groups in total. The lowest BCUT2D eigenvalue weighted by atomic mass is 9.96. The first-order valence-corrected chi connectivity index (χ1v) is 4.42. The molecular weight excluding hydrogens is 180 g/mol. The van der Waals surface area contributed by atoms with Gasteiger partial charge in [0.15, 0.2) is 5.65 Å². The van der Waals surface area contributed by atoms with Gasteiger partial charge in [0.2, 0.25) is 0 Å². The van der Waals surface area contributed by atoms with E-state index in [9.17, 15) is 4.79 Å². The molecule has 0 spiro atoms. The maximum Gasteiger partial charge on any atom is 0.346 e. The molecule has 14 heavy (non-hydrogen) atoms. The summed E-state index contributed by atoms with van der Waals surface area (Å²) >= 11 is 0. The average molecular weight is 192 g/mol. The van der Waals surface area contributed by atoms with Crippen molar-refractivity contribution in [3.63, 3.8) is 0 Å². The third kappa shape index (κ3) is 1.41. The van der Waals surface area contributed by atoms with E-state index in [0.717, 1.165) is 11.3 Å². The molecule has 0 fully saturated rings. The zero-order valence-electron chi connectivity index (χ0n) is 8.38. The summed E-state index contributed by atoms with van der Waals surface area (Å²) in [5.41, 5.74) is 0.893. The molecule has 0 aliphatic heterocycles. The molecular formula is C9H12N4O. The van der Waals surface area contributed by atoms with Gasteiger partial charge in [-0.2, -0.15) is 4.98 Å². The fourth-order valence-electron chi connectivity index (χ4n) is 1.19. The van der Waals surface area contributed by atoms with E-state index < -0.39 is 0 Å². The second-order valence-electron chi connectivity index (χ2n) is 4.29. The average Bonchev–Trinajstić information content (AvgIpc) is 2.45. The summed E-state index contributed by atoms with van der Waals surface area (Å²) in [7, 11) is 0. The number of imidazole rings is 1. The highest BCUT2D eigenvalue weighted by Gasteiger charge is 2.18. The van der Waals surface area contributed by atoms with Gasteiger partial charge < -0.3 is 4.98 Å². The number of aromatic amines is 2. The van der Waals surface area contributed by atoms with Crippen LogP contribution in [0, 0.1) is 0 Å². The SMILES string of the molecule is CC(C)(C)c1nc2[nH]c(=O)ncc2[nH]1. The molecule has 0 bridgehead atoms. The van der Waals surface area contributed by atoms with Gasteiger partial charge in [-0.05, 0) is 0 Å². The van der Waals surface area contributed by atoms with E-state index in [0.29, 0.717) is 5.65 Å². The fraction of sp³-hybridized carbons (Fsp3) is 0.444. The van der Waals surface area contributed by atoms with Crippen LogP contribution in [0.1, 0.15) is 26.6 Å². The van der Waals surface area contributed by atoms with Gasteiger partial charge in [-0.1, -0.05) is 20.8 Å². The Hall–Kier alpha value is -1.65. The molecule has 0 atom stereocenters. The summed E-state index contributed by atoms with van der Waals surface area (Å²) in [5, 5.41) is 0. The molecule has 2 aromatic heterocycles. The molecule has 0 aliphatic rings. The van der Waals surface area contributed by atoms with Crippen LogP contribution < -0.4 is 5.69 Å². The number of fused-ring (bicyclic) bond motifs is 1. The van der Waals surface area contributed by atoms with Crippen LogP contribution in [0.25, 0.3) is 11.2 Å². The number of nitrogens with one attached hydrogen (secondary N) is 2. The predicted molar refractivity (Wildman–Crippen MR) is 53.2 cm³/mol. The minimum atomic E-state index is -0.371. The Labute approximate surface area is 80.6 Å². The first kappa shape index (κ1) is 8.93. The third-order valence-corrected chi connectivity index (χ3v) is 1.98. The highest BCUT2D eigenvalue weighted by Crippen LogP contribution is 2.20. The molecule has 0 aliphatic carbocycles. The molecule has 74 valence electrons. The minimum absolute atomic E-state index is 0.0596. The fourth-order valence-corrected chi connectivity index (χ4v) is 1.19. The number of nitrogens with zero attached hydrogens (tertiary/aromatic N) is 2. The van der Waals surface area contributed by atoms with Crippen LogP contribution in [0.2, 0.25) is 0 Å². The lowest BCUT2D eigenvalue weighted by molar-refractivity contribution is 0.554. The summed E-state index contributed by atoms with van der Waals surface area (Å²) in [6, 6.07) is 0. The second kappa shape index (κ2) is 2.67. The van der Waals surface area contributed by atoms with Crippen LogP contribution in [0.15, 0.2) is 11.0 Å². The van der Waals surface area contributed by atoms with Gasteiger partial charge in [0.05, 0.1) is 6.20 Å². The molecule has 2 rings (SSSR count). The van der Waals surface area contributed by atoms with Gasteiger partial charge in [0, 0.05) is 5.41 Å². The maximum atomic E-state index is 10.9. The Balaban J connectivity index is 2.69. The number of hydrogen-bond donors (Lipinski definition) is 2. The number of rotatable bonds is 0. The van der Waals surface area contributed by atoms with E-state index in [-0.39, 0.29) is 11.1 Å². The Morgan fingerprint density at radius 1 is 1.29 bits per heavy atom. The first-order chi connectivity index (χ1) is 6.47. The molecule has 5 nitrogen and oxygen atoms in total. The van der Waals surface area contributed by atoms with Crippen molar-refractivity contribution in [2.45, 2.75) is 26.2 Å². The van der Waals surface area contributed by atoms with Crippen molar-refractivity contribution in [1.29, 1.82) is 0 Å². The van der Waals surface area contributed by atoms with Crippen LogP contribution in [0.5, 0.6) is 0 Å². The van der Waals surface area contributed by atoms with Crippen molar-refractivity contribution in [2.24, 2.45) is 0 Å². The maximum absolute atomic E-state index is 10.9. The van der Waals surface area contributed by atoms with Crippen LogP contribution in [0.4, 0.5) is 0 Å². The van der Waals surface area contributed by atoms with Crippen LogP contribution in [-0.2, 0) is 5.41 Å². The van der Waals surface area contributed by atoms with Gasteiger partial charge in [-0.3, -0.25) is 4.98 Å². The number of H-pyrrole nitrogens is 2. The molecule has 5 heteroatoms. The van der Waals surface area contributed by atoms with Crippen molar-refractivity contribution >= 4 is 11.2 Å². The van der Waals surface area contributed by atoms with Crippen LogP contribution in [-0.4, -0.2) is 19.9 Å². The standard InChI is InChI=1S/C9H12N4O/c1-9(2,3)7-11-5-4-10-8(14)13-6(5)12-7/h4H,1-3H3,(H2,10,11,12,13,14). The Bertz CT molecular complexity index is 517. The molecule has 0 aromatic carbocycles. The third-order valence-electron chi connectivity index (χ3n) is 1.98. The largest absolute Gasteiger partial charge is 0.346 e. The van der Waals surface area contributed by atoms with Crippen LogP contribution >= 0.6 is 0 Å². The molecule has 0 saturated carbocycles. The highest BCUT2D eigenvalue weighted by atomic mass is 16.1. The van der Waals surface area contributed by atoms with Crippen molar-refractivity contribution in [2.75, 3.05) is 0 Å². The number of hydrogen-bond acceptors (Lipinski definition) is 3. The molecule has 0 radical (unpaired) electrons. The first-order valence-electron chi connectivity index (χ1n) is 4.42. The van der Waals surface area contributed by atoms with E-state index in [1.165, 1.54) is 6.20 Å². The predicted octanol–water partition coefficient (Wildman–Crippen LogP) is 0.944. The van der Waals surface area contributed by atoms with Gasteiger partial charge in [0.1, 0.15) is 11.3 Å². The topological polar surface area (TPSA) is 74.4 Å². The monoisotopic (exact) mass is 192 g/mol. The van der Waals surface area contributed by atoms with Crippen molar-refractivity contribution in [3.8, 4) is 0 Å². The highest BCUT2D eigenvalue weighted by molar-refractivity contribution is 5.68. The lowest BCUT2D eigenvalue weighted by Gasteiger charge is -2.13. The van der Waals surface area contributed by atoms with E-state index in [1.54, 1.807) is 0 Å². The number of aromatic nitrogens is 4. The summed E-state index contributed by atoms with van der Waals surface area (Å²) in [6.45, 7) is 6.16. The summed E-state index contributed by atoms with van der Waals surface area (Å²) in [4.78, 5) is 24.5. The summed E-state index contributed by atoms with van der Waals surface area (Å²) in [6.07, 6.45) is 1.50. The van der Waals surface area contributed by atoms with Crippen molar-refractivity contribution in [1.82, 2.24) is 19.9 Å². The normalized spacial score (nSPS) is 12.2. The van der Waals surface area contributed by atoms with Crippen molar-refractivity contribution in [3.05, 3.63) is 22.5 Å². The molecule has 0 unspecified atom stereocenters. The lowest BCUT2D eigenvalue weighted by Crippen LogP contribution is -2.13. The Morgan fingerprint density at radius 2 is 2.00 bits per heavy atom. The zero-order valence-corrected chi connectivity index (χ0v) is 8.38. The summed E-state index contributed by atoms with van der Waals surface area (Å²) < 4.78 is 0. The second-order valence-corrected chi connectivity index (χ2v) is 4.29. The zero-order chi connectivity index (χ0) is 10.3. The smallest absolute Gasteiger partial charge is 0.339 e. The van der Waals surface area contributed by atoms with Gasteiger partial charge >= 0.3 is 5.69 Å². The summed E-state index contributed by atoms with van der Waals surface area (Å²) in [5.74, 6) is 0.844. The van der Waals surface area contributed by atoms with Crippen molar-refractivity contribution < 1.29 is 0 Å². The van der Waals surface area contributed by atoms with E-state index in [1.807, 2.05) is 0 Å². The molecule has 2 aromatic rings. The van der Waals surface area contributed by atoms with Gasteiger partial charge in [0.25, 0.3) is 0 Å². The van der Waals surface area contributed by atoms with E-state index in [4.69, 9.17) is 0 Å². The Morgan fingerprint density at radius 3 is 2.64 bits per heavy atom. The van der Waals surface area contributed by atoms with Gasteiger partial charge in [-0.25, -0.2) is 9.78 Å². The quantitative estimate of drug-likeness (QED) is 0.652. The van der Waals surface area contributed by atoms with Gasteiger partial charge in [-0.15, -0.1) is 0 Å². The van der Waals surface area contributed by atoms with Crippen LogP contribution in [0.3, 0.4) is 0 Å². The molecule has 0 amide bonds. The van der Waals surface area contributed by atoms with E-state index in [2.05, 4.69) is 40.7 Å².